The van der Waals surface area contributed by atoms with Crippen molar-refractivity contribution in [2.24, 2.45) is 0 Å². The number of hydrogen-bond acceptors (Lipinski definition) is 3. The minimum atomic E-state index is 0.563. The lowest BCUT2D eigenvalue weighted by molar-refractivity contribution is 0.655. The van der Waals surface area contributed by atoms with E-state index in [1.165, 1.54) is 43.8 Å². The summed E-state index contributed by atoms with van der Waals surface area (Å²) in [6, 6.07) is 56.1. The molecule has 218 valence electrons. The highest BCUT2D eigenvalue weighted by Gasteiger charge is 2.15. The zero-order valence-corrected chi connectivity index (χ0v) is 25.3. The van der Waals surface area contributed by atoms with Gasteiger partial charge in [-0.05, 0) is 102 Å². The molecule has 0 N–H and O–H groups in total. The number of hydrogen-bond donors (Lipinski definition) is 0. The molecular weight excluding hydrogens is 572 g/mol. The molecule has 0 radical (unpaired) electrons. The third-order valence-electron chi connectivity index (χ3n) is 9.44. The molecule has 0 saturated heterocycles. The van der Waals surface area contributed by atoms with E-state index in [4.69, 9.17) is 14.4 Å². The molecule has 0 aliphatic carbocycles. The van der Waals surface area contributed by atoms with Crippen LogP contribution < -0.4 is 0 Å². The molecule has 2 aromatic heterocycles. The van der Waals surface area contributed by atoms with Crippen molar-refractivity contribution < 1.29 is 4.42 Å². The van der Waals surface area contributed by atoms with E-state index in [2.05, 4.69) is 152 Å². The highest BCUT2D eigenvalue weighted by molar-refractivity contribution is 6.17. The fourth-order valence-corrected chi connectivity index (χ4v) is 7.17. The summed E-state index contributed by atoms with van der Waals surface area (Å²) in [5.41, 5.74) is 10.9. The van der Waals surface area contributed by atoms with Gasteiger partial charge in [0.05, 0.1) is 16.4 Å². The van der Waals surface area contributed by atoms with Crippen LogP contribution in [0.3, 0.4) is 0 Å². The smallest absolute Gasteiger partial charge is 0.246 e. The van der Waals surface area contributed by atoms with Gasteiger partial charge in [-0.15, -0.1) is 0 Å². The van der Waals surface area contributed by atoms with Gasteiger partial charge in [0.25, 0.3) is 0 Å². The van der Waals surface area contributed by atoms with Crippen LogP contribution in [0.25, 0.3) is 98.9 Å². The molecule has 47 heavy (non-hydrogen) atoms. The van der Waals surface area contributed by atoms with Gasteiger partial charge < -0.3 is 4.42 Å². The Hall–Kier alpha value is -6.32. The Morgan fingerprint density at radius 2 is 1.02 bits per heavy atom. The summed E-state index contributed by atoms with van der Waals surface area (Å²) in [5, 5.41) is 8.39. The van der Waals surface area contributed by atoms with E-state index >= 15 is 0 Å². The maximum atomic E-state index is 6.22. The lowest BCUT2D eigenvalue weighted by Crippen LogP contribution is -1.88. The first-order chi connectivity index (χ1) is 23.3. The normalized spacial score (nSPS) is 11.8. The quantitative estimate of drug-likeness (QED) is 0.190. The predicted molar refractivity (Wildman–Crippen MR) is 196 cm³/mol. The molecule has 10 rings (SSSR count). The van der Waals surface area contributed by atoms with Crippen LogP contribution in [0.5, 0.6) is 0 Å². The molecule has 10 aromatic rings. The van der Waals surface area contributed by atoms with Gasteiger partial charge in [0.15, 0.2) is 0 Å². The third kappa shape index (κ3) is 4.14. The Balaban J connectivity index is 1.06. The molecule has 3 nitrogen and oxygen atoms in total. The molecule has 0 aliphatic rings. The Morgan fingerprint density at radius 1 is 0.383 bits per heavy atom. The van der Waals surface area contributed by atoms with Crippen LogP contribution in [0.2, 0.25) is 0 Å². The van der Waals surface area contributed by atoms with Gasteiger partial charge in [0.2, 0.25) is 5.71 Å². The Kier molecular flexibility index (Phi) is 5.57. The molecule has 0 unspecified atom stereocenters. The van der Waals surface area contributed by atoms with Gasteiger partial charge in [-0.3, -0.25) is 0 Å². The molecule has 0 spiro atoms. The fourth-order valence-electron chi connectivity index (χ4n) is 7.17. The minimum absolute atomic E-state index is 0.563. The van der Waals surface area contributed by atoms with E-state index in [0.717, 1.165) is 49.4 Å². The molecule has 0 aliphatic heterocycles. The summed E-state index contributed by atoms with van der Waals surface area (Å²) < 4.78 is 6.22. The summed E-state index contributed by atoms with van der Waals surface area (Å²) in [7, 11) is 0. The topological polar surface area (TPSA) is 38.9 Å². The summed E-state index contributed by atoms with van der Waals surface area (Å²) in [6.45, 7) is 0. The van der Waals surface area contributed by atoms with Crippen LogP contribution in [-0.2, 0) is 0 Å². The molecule has 2 heterocycles. The van der Waals surface area contributed by atoms with Crippen LogP contribution in [-0.4, -0.2) is 9.97 Å². The van der Waals surface area contributed by atoms with Crippen LogP contribution in [0.15, 0.2) is 162 Å². The molecule has 0 atom stereocenters. The van der Waals surface area contributed by atoms with Crippen molar-refractivity contribution in [3.05, 3.63) is 158 Å². The number of benzene rings is 8. The second-order valence-corrected chi connectivity index (χ2v) is 12.2. The Morgan fingerprint density at radius 3 is 1.83 bits per heavy atom. The number of rotatable bonds is 3. The second-order valence-electron chi connectivity index (χ2n) is 12.2. The number of fused-ring (bicyclic) bond motifs is 9. The zero-order chi connectivity index (χ0) is 30.9. The van der Waals surface area contributed by atoms with Gasteiger partial charge in [0, 0.05) is 0 Å². The fraction of sp³-hybridized carbons (Fsp3) is 0. The van der Waals surface area contributed by atoms with E-state index in [9.17, 15) is 0 Å². The second kappa shape index (κ2) is 10.1. The molecule has 0 amide bonds. The largest absolute Gasteiger partial charge is 0.436 e. The highest BCUT2D eigenvalue weighted by atomic mass is 16.3. The first-order valence-electron chi connectivity index (χ1n) is 15.9. The van der Waals surface area contributed by atoms with Gasteiger partial charge in [-0.1, -0.05) is 121 Å². The average Bonchev–Trinajstić information content (AvgIpc) is 3.51. The highest BCUT2D eigenvalue weighted by Crippen LogP contribution is 2.38. The van der Waals surface area contributed by atoms with Crippen LogP contribution >= 0.6 is 0 Å². The van der Waals surface area contributed by atoms with Crippen LogP contribution in [0, 0.1) is 0 Å². The van der Waals surface area contributed by atoms with E-state index < -0.39 is 0 Å². The van der Waals surface area contributed by atoms with Crippen molar-refractivity contribution in [3.8, 4) is 33.4 Å². The van der Waals surface area contributed by atoms with Crippen molar-refractivity contribution >= 4 is 65.6 Å². The van der Waals surface area contributed by atoms with Crippen molar-refractivity contribution in [1.29, 1.82) is 0 Å². The Labute approximate surface area is 270 Å². The number of aromatic nitrogens is 2. The SMILES string of the molecule is c1cc(-c2cccc(-c3cc4ccccc4c4ccccc34)c2)cc(-c2ccc3nc4c(nc3c2)oc2ccc3ccccc3c24)c1. The summed E-state index contributed by atoms with van der Waals surface area (Å²) in [4.78, 5) is 9.99. The molecule has 0 saturated carbocycles. The summed E-state index contributed by atoms with van der Waals surface area (Å²) >= 11 is 0. The minimum Gasteiger partial charge on any atom is -0.436 e. The van der Waals surface area contributed by atoms with Gasteiger partial charge in [-0.25, -0.2) is 9.97 Å². The van der Waals surface area contributed by atoms with Crippen molar-refractivity contribution in [1.82, 2.24) is 9.97 Å². The molecule has 0 fully saturated rings. The molecule has 3 heteroatoms. The molecule has 8 aromatic carbocycles. The van der Waals surface area contributed by atoms with Crippen LogP contribution in [0.1, 0.15) is 0 Å². The molecular formula is C44H26N2O. The summed E-state index contributed by atoms with van der Waals surface area (Å²) in [5.74, 6) is 0. The predicted octanol–water partition coefficient (Wildman–Crippen LogP) is 12.0. The average molecular weight is 599 g/mol. The zero-order valence-electron chi connectivity index (χ0n) is 25.3. The van der Waals surface area contributed by atoms with Crippen molar-refractivity contribution in [3.63, 3.8) is 0 Å². The monoisotopic (exact) mass is 598 g/mol. The van der Waals surface area contributed by atoms with Gasteiger partial charge >= 0.3 is 0 Å². The van der Waals surface area contributed by atoms with Gasteiger partial charge in [0.1, 0.15) is 11.1 Å². The van der Waals surface area contributed by atoms with E-state index in [0.29, 0.717) is 5.71 Å². The lowest BCUT2D eigenvalue weighted by Gasteiger charge is -2.13. The Bertz CT molecular complexity index is 2860. The number of nitrogens with zero attached hydrogens (tertiary/aromatic N) is 2. The number of furan rings is 1. The maximum absolute atomic E-state index is 6.22. The summed E-state index contributed by atoms with van der Waals surface area (Å²) in [6.07, 6.45) is 0. The maximum Gasteiger partial charge on any atom is 0.246 e. The van der Waals surface area contributed by atoms with Crippen molar-refractivity contribution in [2.75, 3.05) is 0 Å². The molecule has 0 bridgehead atoms. The lowest BCUT2D eigenvalue weighted by atomic mass is 9.91. The van der Waals surface area contributed by atoms with E-state index in [1.54, 1.807) is 0 Å². The van der Waals surface area contributed by atoms with Gasteiger partial charge in [-0.2, -0.15) is 0 Å². The van der Waals surface area contributed by atoms with E-state index in [-0.39, 0.29) is 0 Å². The van der Waals surface area contributed by atoms with E-state index in [1.807, 2.05) is 6.07 Å². The first kappa shape index (κ1) is 26.0. The third-order valence-corrected chi connectivity index (χ3v) is 9.44. The van der Waals surface area contributed by atoms with Crippen LogP contribution in [0.4, 0.5) is 0 Å². The van der Waals surface area contributed by atoms with Crippen molar-refractivity contribution in [2.45, 2.75) is 0 Å². The standard InChI is InChI=1S/C44H26N2O/c1-4-16-35-27(9-1)20-22-41-42(35)43-44(47-41)46-40-26-31(19-21-39(40)45-43)29-12-7-11-28(23-29)30-13-8-14-32(24-30)38-25-33-10-2-3-15-34(33)36-17-5-6-18-37(36)38/h1-26H. The first-order valence-corrected chi connectivity index (χ1v) is 15.9.